The Morgan fingerprint density at radius 2 is 2.24 bits per heavy atom. The summed E-state index contributed by atoms with van der Waals surface area (Å²) in [5, 5.41) is 8.49. The van der Waals surface area contributed by atoms with Gasteiger partial charge in [-0.2, -0.15) is 5.10 Å². The molecular weight excluding hydrogens is 288 g/mol. The van der Waals surface area contributed by atoms with Crippen LogP contribution in [0.2, 0.25) is 5.02 Å². The van der Waals surface area contributed by atoms with E-state index in [1.54, 1.807) is 23.1 Å². The van der Waals surface area contributed by atoms with E-state index in [1.165, 1.54) is 0 Å². The van der Waals surface area contributed by atoms with Crippen LogP contribution in [0.3, 0.4) is 0 Å². The van der Waals surface area contributed by atoms with E-state index in [0.29, 0.717) is 16.4 Å². The molecule has 0 spiro atoms. The Hall–Kier alpha value is -2.27. The van der Waals surface area contributed by atoms with E-state index in [0.717, 1.165) is 17.4 Å². The van der Waals surface area contributed by atoms with Crippen LogP contribution in [0.25, 0.3) is 10.9 Å². The number of carbonyl (C=O) groups is 1. The number of nitrogens with one attached hydrogen (secondary N) is 1. The van der Waals surface area contributed by atoms with Gasteiger partial charge in [-0.05, 0) is 25.1 Å². The van der Waals surface area contributed by atoms with Gasteiger partial charge in [0.15, 0.2) is 0 Å². The molecule has 0 atom stereocenters. The lowest BCUT2D eigenvalue weighted by Gasteiger charge is -2.04. The van der Waals surface area contributed by atoms with E-state index < -0.39 is 0 Å². The minimum Gasteiger partial charge on any atom is -0.340 e. The highest BCUT2D eigenvalue weighted by atomic mass is 35.5. The third-order valence-corrected chi connectivity index (χ3v) is 3.81. The first kappa shape index (κ1) is 13.7. The van der Waals surface area contributed by atoms with E-state index in [-0.39, 0.29) is 5.91 Å². The smallest absolute Gasteiger partial charge is 0.272 e. The Labute approximate surface area is 127 Å². The lowest BCUT2D eigenvalue weighted by atomic mass is 10.2. The Kier molecular flexibility index (Phi) is 3.43. The quantitative estimate of drug-likeness (QED) is 0.807. The minimum absolute atomic E-state index is 0.180. The number of rotatable bonds is 3. The lowest BCUT2D eigenvalue weighted by Crippen LogP contribution is -2.15. The minimum atomic E-state index is -0.180. The second-order valence-electron chi connectivity index (χ2n) is 4.80. The summed E-state index contributed by atoms with van der Waals surface area (Å²) in [5.41, 5.74) is 2.16. The van der Waals surface area contributed by atoms with E-state index in [2.05, 4.69) is 10.4 Å². The number of fused-ring (bicyclic) bond motifs is 1. The molecule has 6 heteroatoms. The van der Waals surface area contributed by atoms with Crippen molar-refractivity contribution in [3.63, 3.8) is 0 Å². The zero-order valence-electron chi connectivity index (χ0n) is 11.8. The highest BCUT2D eigenvalue weighted by Crippen LogP contribution is 2.26. The largest absolute Gasteiger partial charge is 0.340 e. The number of hydrogen-bond donors (Lipinski definition) is 1. The first-order chi connectivity index (χ1) is 10.1. The first-order valence-corrected chi connectivity index (χ1v) is 7.05. The number of amides is 1. The third-order valence-electron chi connectivity index (χ3n) is 3.48. The van der Waals surface area contributed by atoms with Gasteiger partial charge >= 0.3 is 0 Å². The topological polar surface area (TPSA) is 51.9 Å². The molecule has 108 valence electrons. The van der Waals surface area contributed by atoms with Gasteiger partial charge in [-0.1, -0.05) is 17.7 Å². The average Bonchev–Trinajstić information content (AvgIpc) is 3.05. The molecule has 3 rings (SSSR count). The van der Waals surface area contributed by atoms with E-state index in [1.807, 2.05) is 36.7 Å². The summed E-state index contributed by atoms with van der Waals surface area (Å²) in [4.78, 5) is 12.4. The predicted molar refractivity (Wildman–Crippen MR) is 83.8 cm³/mol. The molecule has 5 nitrogen and oxygen atoms in total. The van der Waals surface area contributed by atoms with Gasteiger partial charge in [0.1, 0.15) is 5.69 Å². The number of hydrogen-bond acceptors (Lipinski definition) is 2. The molecule has 2 heterocycles. The summed E-state index contributed by atoms with van der Waals surface area (Å²) >= 11 is 6.17. The fraction of sp³-hybridized carbons (Fsp3) is 0.200. The Morgan fingerprint density at radius 1 is 1.43 bits per heavy atom. The van der Waals surface area contributed by atoms with Crippen molar-refractivity contribution in [1.29, 1.82) is 0 Å². The second kappa shape index (κ2) is 5.26. The predicted octanol–water partition coefficient (Wildman–Crippen LogP) is 3.30. The molecule has 2 aromatic heterocycles. The highest BCUT2D eigenvalue weighted by molar-refractivity contribution is 6.35. The molecule has 0 unspecified atom stereocenters. The maximum absolute atomic E-state index is 12.4. The molecule has 0 saturated heterocycles. The SMILES string of the molecule is CCn1cc(NC(=O)c2cc3c(Cl)cccc3n2C)cn1. The molecule has 21 heavy (non-hydrogen) atoms. The highest BCUT2D eigenvalue weighted by Gasteiger charge is 2.15. The molecule has 0 aliphatic heterocycles. The lowest BCUT2D eigenvalue weighted by molar-refractivity contribution is 0.102. The molecule has 0 fully saturated rings. The van der Waals surface area contributed by atoms with Gasteiger partial charge in [-0.25, -0.2) is 0 Å². The fourth-order valence-electron chi connectivity index (χ4n) is 2.34. The number of benzene rings is 1. The molecule has 0 radical (unpaired) electrons. The van der Waals surface area contributed by atoms with Gasteiger partial charge < -0.3 is 9.88 Å². The van der Waals surface area contributed by atoms with Crippen molar-refractivity contribution >= 4 is 34.1 Å². The van der Waals surface area contributed by atoms with Crippen LogP contribution in [-0.4, -0.2) is 20.3 Å². The van der Waals surface area contributed by atoms with Crippen LogP contribution in [0.15, 0.2) is 36.7 Å². The average molecular weight is 303 g/mol. The Morgan fingerprint density at radius 3 is 2.90 bits per heavy atom. The third kappa shape index (κ3) is 2.40. The standard InChI is InChI=1S/C15H15ClN4O/c1-3-20-9-10(8-17-20)18-15(21)14-7-11-12(16)5-4-6-13(11)19(14)2/h4-9H,3H2,1-2H3,(H,18,21). The number of carbonyl (C=O) groups excluding carboxylic acids is 1. The van der Waals surface area contributed by atoms with Gasteiger partial charge in [0.25, 0.3) is 5.91 Å². The zero-order chi connectivity index (χ0) is 15.0. The van der Waals surface area contributed by atoms with Crippen molar-refractivity contribution < 1.29 is 4.79 Å². The molecular formula is C15H15ClN4O. The normalized spacial score (nSPS) is 11.0. The molecule has 1 amide bonds. The van der Waals surface area contributed by atoms with Crippen LogP contribution in [0.4, 0.5) is 5.69 Å². The summed E-state index contributed by atoms with van der Waals surface area (Å²) in [6, 6.07) is 7.43. The number of anilines is 1. The maximum atomic E-state index is 12.4. The van der Waals surface area contributed by atoms with Gasteiger partial charge in [0.05, 0.1) is 11.9 Å². The van der Waals surface area contributed by atoms with E-state index in [9.17, 15) is 4.79 Å². The van der Waals surface area contributed by atoms with Crippen molar-refractivity contribution in [2.45, 2.75) is 13.5 Å². The molecule has 0 aliphatic carbocycles. The fourth-order valence-corrected chi connectivity index (χ4v) is 2.56. The van der Waals surface area contributed by atoms with Crippen LogP contribution >= 0.6 is 11.6 Å². The van der Waals surface area contributed by atoms with E-state index in [4.69, 9.17) is 11.6 Å². The van der Waals surface area contributed by atoms with Crippen molar-refractivity contribution in [3.05, 3.63) is 47.4 Å². The van der Waals surface area contributed by atoms with Crippen molar-refractivity contribution in [3.8, 4) is 0 Å². The molecule has 0 aliphatic rings. The van der Waals surface area contributed by atoms with E-state index >= 15 is 0 Å². The molecule has 0 bridgehead atoms. The van der Waals surface area contributed by atoms with Crippen LogP contribution in [-0.2, 0) is 13.6 Å². The Bertz CT molecular complexity index is 818. The number of halogens is 1. The second-order valence-corrected chi connectivity index (χ2v) is 5.21. The molecule has 0 saturated carbocycles. The monoisotopic (exact) mass is 302 g/mol. The van der Waals surface area contributed by atoms with Crippen molar-refractivity contribution in [1.82, 2.24) is 14.3 Å². The van der Waals surface area contributed by atoms with Crippen LogP contribution < -0.4 is 5.32 Å². The van der Waals surface area contributed by atoms with Gasteiger partial charge in [-0.3, -0.25) is 9.48 Å². The zero-order valence-corrected chi connectivity index (χ0v) is 12.6. The number of aryl methyl sites for hydroxylation is 2. The number of aromatic nitrogens is 3. The number of nitrogens with zero attached hydrogens (tertiary/aromatic N) is 3. The van der Waals surface area contributed by atoms with Gasteiger partial charge in [0, 0.05) is 35.7 Å². The van der Waals surface area contributed by atoms with Crippen molar-refractivity contribution in [2.75, 3.05) is 5.32 Å². The van der Waals surface area contributed by atoms with Crippen molar-refractivity contribution in [2.24, 2.45) is 7.05 Å². The molecule has 3 aromatic rings. The molecule has 1 aromatic carbocycles. The molecule has 1 N–H and O–H groups in total. The van der Waals surface area contributed by atoms with Crippen LogP contribution in [0, 0.1) is 0 Å². The first-order valence-electron chi connectivity index (χ1n) is 6.68. The maximum Gasteiger partial charge on any atom is 0.272 e. The summed E-state index contributed by atoms with van der Waals surface area (Å²) < 4.78 is 3.59. The van der Waals surface area contributed by atoms with Crippen LogP contribution in [0.1, 0.15) is 17.4 Å². The summed E-state index contributed by atoms with van der Waals surface area (Å²) in [6.07, 6.45) is 3.44. The Balaban J connectivity index is 1.94. The summed E-state index contributed by atoms with van der Waals surface area (Å²) in [5.74, 6) is -0.180. The summed E-state index contributed by atoms with van der Waals surface area (Å²) in [6.45, 7) is 2.75. The van der Waals surface area contributed by atoms with Gasteiger partial charge in [0.2, 0.25) is 0 Å². The van der Waals surface area contributed by atoms with Gasteiger partial charge in [-0.15, -0.1) is 0 Å². The summed E-state index contributed by atoms with van der Waals surface area (Å²) in [7, 11) is 1.85. The van der Waals surface area contributed by atoms with Crippen LogP contribution in [0.5, 0.6) is 0 Å².